The van der Waals surface area contributed by atoms with Gasteiger partial charge in [-0.15, -0.1) is 0 Å². The van der Waals surface area contributed by atoms with Crippen LogP contribution in [0, 0.1) is 0 Å². The molecule has 0 amide bonds. The smallest absolute Gasteiger partial charge is 0.309 e. The number of carboxylic acids is 1. The van der Waals surface area contributed by atoms with Crippen molar-refractivity contribution in [1.82, 2.24) is 4.57 Å². The van der Waals surface area contributed by atoms with Crippen LogP contribution in [-0.2, 0) is 18.3 Å². The summed E-state index contributed by atoms with van der Waals surface area (Å²) in [4.78, 5) is 10.6. The molecule has 0 fully saturated rings. The van der Waals surface area contributed by atoms with E-state index in [2.05, 4.69) is 0 Å². The zero-order chi connectivity index (χ0) is 10.8. The molecule has 0 radical (unpaired) electrons. The fourth-order valence-electron chi connectivity index (χ4n) is 1.56. The highest BCUT2D eigenvalue weighted by molar-refractivity contribution is 5.70. The Bertz CT molecular complexity index is 468. The Hall–Kier alpha value is -1.97. The number of carboxylic acid groups (broad SMARTS) is 1. The first-order valence-electron chi connectivity index (χ1n) is 4.59. The van der Waals surface area contributed by atoms with Crippen molar-refractivity contribution in [2.45, 2.75) is 6.42 Å². The van der Waals surface area contributed by atoms with Crippen molar-refractivity contribution in [2.75, 3.05) is 0 Å². The molecule has 15 heavy (non-hydrogen) atoms. The molecule has 0 aliphatic carbocycles. The van der Waals surface area contributed by atoms with Gasteiger partial charge >= 0.3 is 5.97 Å². The van der Waals surface area contributed by atoms with Gasteiger partial charge in [0.1, 0.15) is 5.76 Å². The lowest BCUT2D eigenvalue weighted by atomic mass is 10.3. The summed E-state index contributed by atoms with van der Waals surface area (Å²) in [6.07, 6.45) is 1.62. The van der Waals surface area contributed by atoms with E-state index in [0.29, 0.717) is 0 Å². The highest BCUT2D eigenvalue weighted by Crippen LogP contribution is 2.21. The van der Waals surface area contributed by atoms with Crippen LogP contribution in [0.2, 0.25) is 0 Å². The standard InChI is InChI=1S/C11H11NO3/c1-12-8(7-11(13)14)4-5-9(12)10-3-2-6-15-10/h2-6H,7H2,1H3,(H,13,14). The van der Waals surface area contributed by atoms with Crippen molar-refractivity contribution in [3.05, 3.63) is 36.2 Å². The Morgan fingerprint density at radius 1 is 1.47 bits per heavy atom. The number of rotatable bonds is 3. The molecule has 0 bridgehead atoms. The van der Waals surface area contributed by atoms with Gasteiger partial charge in [-0.2, -0.15) is 0 Å². The van der Waals surface area contributed by atoms with Gasteiger partial charge in [-0.25, -0.2) is 0 Å². The largest absolute Gasteiger partial charge is 0.481 e. The molecule has 0 aromatic carbocycles. The fraction of sp³-hybridized carbons (Fsp3) is 0.182. The summed E-state index contributed by atoms with van der Waals surface area (Å²) >= 11 is 0. The molecule has 2 aromatic rings. The first kappa shape index (κ1) is 9.58. The summed E-state index contributed by atoms with van der Waals surface area (Å²) in [5, 5.41) is 8.69. The van der Waals surface area contributed by atoms with E-state index in [1.807, 2.05) is 23.7 Å². The van der Waals surface area contributed by atoms with Crippen LogP contribution in [0.5, 0.6) is 0 Å². The Balaban J connectivity index is 2.36. The van der Waals surface area contributed by atoms with Crippen molar-refractivity contribution < 1.29 is 14.3 Å². The Morgan fingerprint density at radius 2 is 2.27 bits per heavy atom. The molecule has 0 aliphatic heterocycles. The van der Waals surface area contributed by atoms with E-state index in [-0.39, 0.29) is 6.42 Å². The van der Waals surface area contributed by atoms with Crippen LogP contribution >= 0.6 is 0 Å². The van der Waals surface area contributed by atoms with Gasteiger partial charge in [0.05, 0.1) is 18.4 Å². The minimum absolute atomic E-state index is 0.0250. The molecule has 4 nitrogen and oxygen atoms in total. The lowest BCUT2D eigenvalue weighted by molar-refractivity contribution is -0.136. The minimum Gasteiger partial charge on any atom is -0.481 e. The Kier molecular flexibility index (Phi) is 2.33. The fourth-order valence-corrected chi connectivity index (χ4v) is 1.56. The van der Waals surface area contributed by atoms with E-state index in [4.69, 9.17) is 9.52 Å². The van der Waals surface area contributed by atoms with E-state index >= 15 is 0 Å². The van der Waals surface area contributed by atoms with Crippen LogP contribution in [-0.4, -0.2) is 15.6 Å². The molecule has 0 saturated carbocycles. The molecular formula is C11H11NO3. The SMILES string of the molecule is Cn1c(CC(=O)O)ccc1-c1ccco1. The number of nitrogens with zero attached hydrogens (tertiary/aromatic N) is 1. The van der Waals surface area contributed by atoms with Crippen molar-refractivity contribution in [1.29, 1.82) is 0 Å². The molecule has 2 heterocycles. The predicted octanol–water partition coefficient (Wildman–Crippen LogP) is 1.91. The lowest BCUT2D eigenvalue weighted by Gasteiger charge is -2.03. The van der Waals surface area contributed by atoms with Gasteiger partial charge in [-0.1, -0.05) is 0 Å². The molecule has 0 aliphatic rings. The van der Waals surface area contributed by atoms with Gasteiger partial charge in [0.2, 0.25) is 0 Å². The molecule has 2 rings (SSSR count). The van der Waals surface area contributed by atoms with E-state index in [9.17, 15) is 4.79 Å². The molecule has 0 atom stereocenters. The van der Waals surface area contributed by atoms with Crippen molar-refractivity contribution in [3.63, 3.8) is 0 Å². The molecule has 0 saturated heterocycles. The summed E-state index contributed by atoms with van der Waals surface area (Å²) in [5.41, 5.74) is 1.64. The van der Waals surface area contributed by atoms with Gasteiger partial charge in [-0.05, 0) is 24.3 Å². The summed E-state index contributed by atoms with van der Waals surface area (Å²) in [7, 11) is 1.83. The number of furan rings is 1. The summed E-state index contributed by atoms with van der Waals surface area (Å²) < 4.78 is 7.08. The van der Waals surface area contributed by atoms with Gasteiger partial charge in [-0.3, -0.25) is 4.79 Å². The normalized spacial score (nSPS) is 10.5. The molecular weight excluding hydrogens is 194 g/mol. The van der Waals surface area contributed by atoms with Crippen LogP contribution in [0.25, 0.3) is 11.5 Å². The third kappa shape index (κ3) is 1.79. The van der Waals surface area contributed by atoms with E-state index < -0.39 is 5.97 Å². The third-order valence-corrected chi connectivity index (χ3v) is 2.33. The van der Waals surface area contributed by atoms with Gasteiger partial charge in [0.15, 0.2) is 0 Å². The maximum absolute atomic E-state index is 10.6. The summed E-state index contributed by atoms with van der Waals surface area (Å²) in [5.74, 6) is -0.0867. The summed E-state index contributed by atoms with van der Waals surface area (Å²) in [6.45, 7) is 0. The average Bonchev–Trinajstić information content (AvgIpc) is 2.76. The van der Waals surface area contributed by atoms with E-state index in [1.165, 1.54) is 0 Å². The molecule has 0 unspecified atom stereocenters. The summed E-state index contributed by atoms with van der Waals surface area (Å²) in [6, 6.07) is 7.31. The maximum Gasteiger partial charge on any atom is 0.309 e. The van der Waals surface area contributed by atoms with Crippen molar-refractivity contribution in [2.24, 2.45) is 7.05 Å². The highest BCUT2D eigenvalue weighted by atomic mass is 16.4. The van der Waals surface area contributed by atoms with E-state index in [1.54, 1.807) is 18.4 Å². The quantitative estimate of drug-likeness (QED) is 0.832. The van der Waals surface area contributed by atoms with Crippen LogP contribution in [0.4, 0.5) is 0 Å². The number of aliphatic carboxylic acids is 1. The number of carbonyl (C=O) groups is 1. The van der Waals surface area contributed by atoms with Crippen LogP contribution in [0.15, 0.2) is 34.9 Å². The van der Waals surface area contributed by atoms with Crippen LogP contribution < -0.4 is 0 Å². The van der Waals surface area contributed by atoms with E-state index in [0.717, 1.165) is 17.1 Å². The molecule has 78 valence electrons. The second-order valence-electron chi connectivity index (χ2n) is 3.32. The average molecular weight is 205 g/mol. The molecule has 0 spiro atoms. The minimum atomic E-state index is -0.831. The zero-order valence-electron chi connectivity index (χ0n) is 8.30. The lowest BCUT2D eigenvalue weighted by Crippen LogP contribution is -2.05. The topological polar surface area (TPSA) is 55.4 Å². The van der Waals surface area contributed by atoms with Crippen LogP contribution in [0.3, 0.4) is 0 Å². The first-order valence-corrected chi connectivity index (χ1v) is 4.59. The Morgan fingerprint density at radius 3 is 2.87 bits per heavy atom. The monoisotopic (exact) mass is 205 g/mol. The van der Waals surface area contributed by atoms with Gasteiger partial charge < -0.3 is 14.1 Å². The van der Waals surface area contributed by atoms with Crippen molar-refractivity contribution >= 4 is 5.97 Å². The van der Waals surface area contributed by atoms with Crippen molar-refractivity contribution in [3.8, 4) is 11.5 Å². The van der Waals surface area contributed by atoms with Gasteiger partial charge in [0, 0.05) is 12.7 Å². The first-order chi connectivity index (χ1) is 7.18. The highest BCUT2D eigenvalue weighted by Gasteiger charge is 2.10. The van der Waals surface area contributed by atoms with Gasteiger partial charge in [0.25, 0.3) is 0 Å². The third-order valence-electron chi connectivity index (χ3n) is 2.33. The molecule has 4 heteroatoms. The number of aromatic nitrogens is 1. The maximum atomic E-state index is 10.6. The second kappa shape index (κ2) is 3.65. The zero-order valence-corrected chi connectivity index (χ0v) is 8.30. The second-order valence-corrected chi connectivity index (χ2v) is 3.32. The number of hydrogen-bond donors (Lipinski definition) is 1. The molecule has 1 N–H and O–H groups in total. The Labute approximate surface area is 86.8 Å². The van der Waals surface area contributed by atoms with Crippen LogP contribution in [0.1, 0.15) is 5.69 Å². The molecule has 2 aromatic heterocycles. The predicted molar refractivity (Wildman–Crippen MR) is 54.5 cm³/mol. The number of hydrogen-bond acceptors (Lipinski definition) is 2.